The van der Waals surface area contributed by atoms with Crippen molar-refractivity contribution in [3.8, 4) is 0 Å². The number of hydrogen-bond donors (Lipinski definition) is 2. The minimum atomic E-state index is -0.339. The Bertz CT molecular complexity index is 846. The molecule has 1 aromatic heterocycles. The number of nitrogens with one attached hydrogen (secondary N) is 2. The number of likely N-dealkylation sites (N-methyl/N-ethyl adjacent to an activating group) is 1. The number of carbonyl (C=O) groups excluding carboxylic acids is 1. The summed E-state index contributed by atoms with van der Waals surface area (Å²) in [7, 11) is 0. The number of amides is 1. The fourth-order valence-electron chi connectivity index (χ4n) is 3.08. The number of furan rings is 1. The van der Waals surface area contributed by atoms with Gasteiger partial charge in [0.25, 0.3) is 0 Å². The van der Waals surface area contributed by atoms with Crippen LogP contribution in [0.4, 0.5) is 11.4 Å². The van der Waals surface area contributed by atoms with Crippen LogP contribution in [0.15, 0.2) is 47.1 Å². The normalized spacial score (nSPS) is 15.0. The van der Waals surface area contributed by atoms with Crippen LogP contribution in [-0.4, -0.2) is 48.6 Å². The van der Waals surface area contributed by atoms with Crippen LogP contribution in [0, 0.1) is 0 Å². The van der Waals surface area contributed by atoms with Gasteiger partial charge in [0.2, 0.25) is 5.91 Å². The Morgan fingerprint density at radius 3 is 2.71 bits per heavy atom. The first-order valence-corrected chi connectivity index (χ1v) is 9.95. The zero-order chi connectivity index (χ0) is 19.9. The van der Waals surface area contributed by atoms with Crippen molar-refractivity contribution in [2.45, 2.75) is 6.92 Å². The molecule has 1 saturated heterocycles. The third-order valence-corrected chi connectivity index (χ3v) is 5.06. The molecule has 2 aromatic rings. The molecule has 1 aliphatic rings. The van der Waals surface area contributed by atoms with Crippen LogP contribution in [0.3, 0.4) is 0 Å². The lowest BCUT2D eigenvalue weighted by Gasteiger charge is -2.36. The van der Waals surface area contributed by atoms with Crippen molar-refractivity contribution in [3.05, 3.63) is 53.5 Å². The predicted molar refractivity (Wildman–Crippen MR) is 118 cm³/mol. The smallest absolute Gasteiger partial charge is 0.250 e. The van der Waals surface area contributed by atoms with Crippen LogP contribution in [0.5, 0.6) is 0 Å². The van der Waals surface area contributed by atoms with E-state index in [9.17, 15) is 4.79 Å². The second kappa shape index (κ2) is 9.73. The molecule has 2 heterocycles. The highest BCUT2D eigenvalue weighted by atomic mass is 35.5. The van der Waals surface area contributed by atoms with Gasteiger partial charge in [-0.2, -0.15) is 0 Å². The van der Waals surface area contributed by atoms with Gasteiger partial charge in [-0.3, -0.25) is 10.1 Å². The first-order chi connectivity index (χ1) is 13.6. The maximum absolute atomic E-state index is 12.1. The molecular formula is C20H23ClN4O2S. The zero-order valence-electron chi connectivity index (χ0n) is 15.7. The zero-order valence-corrected chi connectivity index (χ0v) is 17.2. The number of hydrogen-bond acceptors (Lipinski definition) is 5. The van der Waals surface area contributed by atoms with E-state index in [0.29, 0.717) is 10.8 Å². The maximum atomic E-state index is 12.1. The van der Waals surface area contributed by atoms with Gasteiger partial charge in [-0.25, -0.2) is 0 Å². The van der Waals surface area contributed by atoms with Crippen LogP contribution >= 0.6 is 23.8 Å². The molecule has 0 spiro atoms. The SMILES string of the molecule is CCN1CCN(c2c(Cl)cccc2NC(=S)NC(=O)C=Cc2ccco2)CC1. The van der Waals surface area contributed by atoms with Crippen molar-refractivity contribution in [2.75, 3.05) is 42.9 Å². The molecular weight excluding hydrogens is 396 g/mol. The van der Waals surface area contributed by atoms with E-state index in [2.05, 4.69) is 27.4 Å². The number of rotatable bonds is 5. The number of benzene rings is 1. The molecule has 1 aliphatic heterocycles. The quantitative estimate of drug-likeness (QED) is 0.571. The number of thiocarbonyl (C=S) groups is 1. The summed E-state index contributed by atoms with van der Waals surface area (Å²) in [5.41, 5.74) is 1.68. The van der Waals surface area contributed by atoms with E-state index in [-0.39, 0.29) is 11.0 Å². The minimum absolute atomic E-state index is 0.213. The predicted octanol–water partition coefficient (Wildman–Crippen LogP) is 3.60. The Hall–Kier alpha value is -2.35. The Labute approximate surface area is 175 Å². The molecule has 8 heteroatoms. The van der Waals surface area contributed by atoms with Crippen LogP contribution in [-0.2, 0) is 4.79 Å². The fourth-order valence-corrected chi connectivity index (χ4v) is 3.58. The molecule has 0 bridgehead atoms. The van der Waals surface area contributed by atoms with Gasteiger partial charge >= 0.3 is 0 Å². The Morgan fingerprint density at radius 1 is 1.25 bits per heavy atom. The molecule has 28 heavy (non-hydrogen) atoms. The van der Waals surface area contributed by atoms with Crippen molar-refractivity contribution in [1.82, 2.24) is 10.2 Å². The van der Waals surface area contributed by atoms with Crippen LogP contribution in [0.25, 0.3) is 6.08 Å². The van der Waals surface area contributed by atoms with Crippen molar-refractivity contribution >= 4 is 52.3 Å². The molecule has 6 nitrogen and oxygen atoms in total. The second-order valence-corrected chi connectivity index (χ2v) is 7.16. The van der Waals surface area contributed by atoms with E-state index in [1.54, 1.807) is 24.5 Å². The molecule has 148 valence electrons. The third-order valence-electron chi connectivity index (χ3n) is 4.55. The van der Waals surface area contributed by atoms with Gasteiger partial charge < -0.3 is 19.5 Å². The summed E-state index contributed by atoms with van der Waals surface area (Å²) in [6.45, 7) is 6.96. The number of halogens is 1. The van der Waals surface area contributed by atoms with Gasteiger partial charge in [-0.05, 0) is 49.1 Å². The highest BCUT2D eigenvalue weighted by Gasteiger charge is 2.21. The Balaban J connectivity index is 1.64. The molecule has 1 amide bonds. The summed E-state index contributed by atoms with van der Waals surface area (Å²) in [6, 6.07) is 9.14. The van der Waals surface area contributed by atoms with Gasteiger partial charge in [0.1, 0.15) is 5.76 Å². The summed E-state index contributed by atoms with van der Waals surface area (Å²) >= 11 is 11.8. The van der Waals surface area contributed by atoms with Crippen molar-refractivity contribution in [3.63, 3.8) is 0 Å². The van der Waals surface area contributed by atoms with E-state index in [4.69, 9.17) is 28.2 Å². The van der Waals surface area contributed by atoms with Gasteiger partial charge in [0.15, 0.2) is 5.11 Å². The lowest BCUT2D eigenvalue weighted by atomic mass is 10.2. The lowest BCUT2D eigenvalue weighted by molar-refractivity contribution is -0.115. The molecule has 1 fully saturated rings. The second-order valence-electron chi connectivity index (χ2n) is 6.35. The summed E-state index contributed by atoms with van der Waals surface area (Å²) in [4.78, 5) is 16.7. The molecule has 2 N–H and O–H groups in total. The van der Waals surface area contributed by atoms with E-state index < -0.39 is 0 Å². The van der Waals surface area contributed by atoms with Crippen LogP contribution in [0.2, 0.25) is 5.02 Å². The maximum Gasteiger partial charge on any atom is 0.250 e. The molecule has 0 aliphatic carbocycles. The first-order valence-electron chi connectivity index (χ1n) is 9.16. The monoisotopic (exact) mass is 418 g/mol. The molecule has 0 atom stereocenters. The topological polar surface area (TPSA) is 60.8 Å². The van der Waals surface area contributed by atoms with E-state index in [0.717, 1.165) is 44.1 Å². The fraction of sp³-hybridized carbons (Fsp3) is 0.300. The standard InChI is InChI=1S/C20H23ClN4O2S/c1-2-24-10-12-25(13-11-24)19-16(21)6-3-7-17(19)22-20(28)23-18(26)9-8-15-5-4-14-27-15/h3-9,14H,2,10-13H2,1H3,(H2,22,23,26,28). The van der Waals surface area contributed by atoms with E-state index in [1.807, 2.05) is 18.2 Å². The van der Waals surface area contributed by atoms with Gasteiger partial charge in [0.05, 0.1) is 22.7 Å². The van der Waals surface area contributed by atoms with Crippen molar-refractivity contribution < 1.29 is 9.21 Å². The number of carbonyl (C=O) groups is 1. The Morgan fingerprint density at radius 2 is 2.04 bits per heavy atom. The summed E-state index contributed by atoms with van der Waals surface area (Å²) in [5.74, 6) is 0.256. The molecule has 1 aromatic carbocycles. The summed E-state index contributed by atoms with van der Waals surface area (Å²) in [5, 5.41) is 6.61. The third kappa shape index (κ3) is 5.34. The first kappa shape index (κ1) is 20.4. The van der Waals surface area contributed by atoms with E-state index >= 15 is 0 Å². The highest BCUT2D eigenvalue weighted by Crippen LogP contribution is 2.34. The minimum Gasteiger partial charge on any atom is -0.465 e. The lowest BCUT2D eigenvalue weighted by Crippen LogP contribution is -2.46. The van der Waals surface area contributed by atoms with Crippen LogP contribution < -0.4 is 15.5 Å². The largest absolute Gasteiger partial charge is 0.465 e. The van der Waals surface area contributed by atoms with Gasteiger partial charge in [-0.15, -0.1) is 0 Å². The average molecular weight is 419 g/mol. The molecule has 3 rings (SSSR count). The summed E-state index contributed by atoms with van der Waals surface area (Å²) < 4.78 is 5.16. The Kier molecular flexibility index (Phi) is 7.08. The molecule has 0 unspecified atom stereocenters. The van der Waals surface area contributed by atoms with Crippen molar-refractivity contribution in [2.24, 2.45) is 0 Å². The van der Waals surface area contributed by atoms with Gasteiger partial charge in [0, 0.05) is 32.3 Å². The van der Waals surface area contributed by atoms with Crippen LogP contribution in [0.1, 0.15) is 12.7 Å². The van der Waals surface area contributed by atoms with Crippen molar-refractivity contribution in [1.29, 1.82) is 0 Å². The molecule has 0 saturated carbocycles. The number of piperazine rings is 1. The number of para-hydroxylation sites is 1. The summed E-state index contributed by atoms with van der Waals surface area (Å²) in [6.07, 6.45) is 4.50. The number of anilines is 2. The average Bonchev–Trinajstić information content (AvgIpc) is 3.20. The van der Waals surface area contributed by atoms with Gasteiger partial charge in [-0.1, -0.05) is 24.6 Å². The van der Waals surface area contributed by atoms with E-state index in [1.165, 1.54) is 6.08 Å². The number of nitrogens with zero attached hydrogens (tertiary/aromatic N) is 2. The molecule has 0 radical (unpaired) electrons. The highest BCUT2D eigenvalue weighted by molar-refractivity contribution is 7.80.